The third kappa shape index (κ3) is 5.21. The molecule has 3 N–H and O–H groups in total. The largest absolute Gasteiger partial charge is 0.507 e. The first-order valence-corrected chi connectivity index (χ1v) is 8.18. The molecule has 0 saturated heterocycles. The SMILES string of the molecule is CC[C@@H](C)NC(=O)/C(=C\c1ccccc1O)NC(=O)c1ccccc1. The van der Waals surface area contributed by atoms with Gasteiger partial charge in [0, 0.05) is 17.2 Å². The maximum atomic E-state index is 12.5. The third-order valence-corrected chi connectivity index (χ3v) is 3.76. The minimum absolute atomic E-state index is 0.0327. The first-order chi connectivity index (χ1) is 12.0. The minimum atomic E-state index is -0.401. The van der Waals surface area contributed by atoms with Gasteiger partial charge in [0.2, 0.25) is 0 Å². The topological polar surface area (TPSA) is 78.4 Å². The normalized spacial score (nSPS) is 12.3. The Morgan fingerprint density at radius 2 is 1.72 bits per heavy atom. The quantitative estimate of drug-likeness (QED) is 0.708. The van der Waals surface area contributed by atoms with E-state index in [0.29, 0.717) is 11.1 Å². The monoisotopic (exact) mass is 338 g/mol. The van der Waals surface area contributed by atoms with E-state index in [2.05, 4.69) is 10.6 Å². The summed E-state index contributed by atoms with van der Waals surface area (Å²) in [5, 5.41) is 15.4. The molecular formula is C20H22N2O3. The summed E-state index contributed by atoms with van der Waals surface area (Å²) in [4.78, 5) is 24.9. The van der Waals surface area contributed by atoms with Crippen LogP contribution in [0.2, 0.25) is 0 Å². The van der Waals surface area contributed by atoms with Crippen LogP contribution in [0, 0.1) is 0 Å². The second-order valence-electron chi connectivity index (χ2n) is 5.72. The number of aromatic hydroxyl groups is 1. The molecule has 25 heavy (non-hydrogen) atoms. The van der Waals surface area contributed by atoms with Crippen molar-refractivity contribution in [2.45, 2.75) is 26.3 Å². The van der Waals surface area contributed by atoms with Crippen LogP contribution in [-0.4, -0.2) is 23.0 Å². The zero-order valence-corrected chi connectivity index (χ0v) is 14.3. The fourth-order valence-corrected chi connectivity index (χ4v) is 2.11. The number of phenolic OH excluding ortho intramolecular Hbond substituents is 1. The standard InChI is InChI=1S/C20H22N2O3/c1-3-14(2)21-20(25)17(13-16-11-7-8-12-18(16)23)22-19(24)15-9-5-4-6-10-15/h4-14,23H,3H2,1-2H3,(H,21,25)(H,22,24)/b17-13+/t14-/m1/s1. The van der Waals surface area contributed by atoms with E-state index in [1.807, 2.05) is 19.9 Å². The molecule has 0 unspecified atom stereocenters. The van der Waals surface area contributed by atoms with Gasteiger partial charge in [-0.2, -0.15) is 0 Å². The second kappa shape index (κ2) is 8.68. The van der Waals surface area contributed by atoms with Gasteiger partial charge >= 0.3 is 0 Å². The van der Waals surface area contributed by atoms with Crippen LogP contribution >= 0.6 is 0 Å². The van der Waals surface area contributed by atoms with Gasteiger partial charge in [0.15, 0.2) is 0 Å². The molecule has 0 bridgehead atoms. The number of nitrogens with one attached hydrogen (secondary N) is 2. The van der Waals surface area contributed by atoms with E-state index in [1.165, 1.54) is 12.1 Å². The summed E-state index contributed by atoms with van der Waals surface area (Å²) >= 11 is 0. The Morgan fingerprint density at radius 3 is 2.36 bits per heavy atom. The van der Waals surface area contributed by atoms with Crippen molar-refractivity contribution in [2.24, 2.45) is 0 Å². The highest BCUT2D eigenvalue weighted by atomic mass is 16.3. The van der Waals surface area contributed by atoms with Crippen LogP contribution in [-0.2, 0) is 4.79 Å². The van der Waals surface area contributed by atoms with Crippen LogP contribution in [0.3, 0.4) is 0 Å². The molecule has 5 nitrogen and oxygen atoms in total. The molecule has 0 fully saturated rings. The van der Waals surface area contributed by atoms with Crippen molar-refractivity contribution in [3.8, 4) is 5.75 Å². The number of rotatable bonds is 6. The van der Waals surface area contributed by atoms with E-state index >= 15 is 0 Å². The first kappa shape index (κ1) is 18.3. The summed E-state index contributed by atoms with van der Waals surface area (Å²) in [5.41, 5.74) is 0.975. The van der Waals surface area contributed by atoms with Crippen molar-refractivity contribution in [3.63, 3.8) is 0 Å². The second-order valence-corrected chi connectivity index (χ2v) is 5.72. The van der Waals surface area contributed by atoms with Crippen molar-refractivity contribution in [1.82, 2.24) is 10.6 Å². The number of amides is 2. The summed E-state index contributed by atoms with van der Waals surface area (Å²) < 4.78 is 0. The van der Waals surface area contributed by atoms with Crippen molar-refractivity contribution in [2.75, 3.05) is 0 Å². The lowest BCUT2D eigenvalue weighted by molar-refractivity contribution is -0.118. The molecule has 2 amide bonds. The van der Waals surface area contributed by atoms with Gasteiger partial charge in [-0.15, -0.1) is 0 Å². The zero-order chi connectivity index (χ0) is 18.2. The first-order valence-electron chi connectivity index (χ1n) is 8.18. The lowest BCUT2D eigenvalue weighted by atomic mass is 10.1. The van der Waals surface area contributed by atoms with Crippen molar-refractivity contribution in [3.05, 3.63) is 71.4 Å². The van der Waals surface area contributed by atoms with Crippen molar-refractivity contribution < 1.29 is 14.7 Å². The van der Waals surface area contributed by atoms with Crippen molar-refractivity contribution >= 4 is 17.9 Å². The Hall–Kier alpha value is -3.08. The van der Waals surface area contributed by atoms with Crippen LogP contribution in [0.1, 0.15) is 36.2 Å². The summed E-state index contributed by atoms with van der Waals surface area (Å²) in [6.07, 6.45) is 2.23. The molecule has 1 atom stereocenters. The molecule has 2 aromatic rings. The Bertz CT molecular complexity index is 770. The van der Waals surface area contributed by atoms with Gasteiger partial charge in [0.1, 0.15) is 11.4 Å². The highest BCUT2D eigenvalue weighted by Crippen LogP contribution is 2.18. The van der Waals surface area contributed by atoms with E-state index < -0.39 is 5.91 Å². The van der Waals surface area contributed by atoms with Gasteiger partial charge in [-0.25, -0.2) is 0 Å². The van der Waals surface area contributed by atoms with Crippen LogP contribution in [0.5, 0.6) is 5.75 Å². The van der Waals surface area contributed by atoms with Crippen LogP contribution in [0.25, 0.3) is 6.08 Å². The molecule has 0 heterocycles. The van der Waals surface area contributed by atoms with Gasteiger partial charge in [0.05, 0.1) is 0 Å². The Labute approximate surface area is 147 Å². The number of benzene rings is 2. The maximum Gasteiger partial charge on any atom is 0.268 e. The fourth-order valence-electron chi connectivity index (χ4n) is 2.11. The third-order valence-electron chi connectivity index (χ3n) is 3.76. The van der Waals surface area contributed by atoms with Gasteiger partial charge in [-0.05, 0) is 37.6 Å². The average molecular weight is 338 g/mol. The summed E-state index contributed by atoms with van der Waals surface area (Å²) in [6, 6.07) is 15.2. The summed E-state index contributed by atoms with van der Waals surface area (Å²) in [5.74, 6) is -0.756. The molecule has 0 saturated carbocycles. The van der Waals surface area contributed by atoms with Gasteiger partial charge in [-0.1, -0.05) is 43.3 Å². The summed E-state index contributed by atoms with van der Waals surface area (Å²) in [7, 11) is 0. The number of carbonyl (C=O) groups is 2. The van der Waals surface area contributed by atoms with Gasteiger partial charge in [0.25, 0.3) is 11.8 Å². The Morgan fingerprint density at radius 1 is 1.08 bits per heavy atom. The fraction of sp³-hybridized carbons (Fsp3) is 0.200. The number of phenols is 1. The molecule has 5 heteroatoms. The summed E-state index contributed by atoms with van der Waals surface area (Å²) in [6.45, 7) is 3.84. The molecule has 130 valence electrons. The van der Waals surface area contributed by atoms with E-state index in [9.17, 15) is 14.7 Å². The lowest BCUT2D eigenvalue weighted by Crippen LogP contribution is -2.38. The van der Waals surface area contributed by atoms with E-state index in [-0.39, 0.29) is 23.4 Å². The van der Waals surface area contributed by atoms with Gasteiger partial charge in [-0.3, -0.25) is 9.59 Å². The Balaban J connectivity index is 2.30. The Kier molecular flexibility index (Phi) is 6.34. The molecular weight excluding hydrogens is 316 g/mol. The molecule has 0 aromatic heterocycles. The van der Waals surface area contributed by atoms with E-state index in [1.54, 1.807) is 42.5 Å². The molecule has 0 aliphatic carbocycles. The maximum absolute atomic E-state index is 12.5. The van der Waals surface area contributed by atoms with Gasteiger partial charge < -0.3 is 15.7 Å². The number of carbonyl (C=O) groups excluding carboxylic acids is 2. The number of para-hydroxylation sites is 1. The lowest BCUT2D eigenvalue weighted by Gasteiger charge is -2.15. The predicted molar refractivity (Wildman–Crippen MR) is 97.9 cm³/mol. The highest BCUT2D eigenvalue weighted by molar-refractivity contribution is 6.05. The molecule has 0 aliphatic rings. The molecule has 0 spiro atoms. The number of hydrogen-bond donors (Lipinski definition) is 3. The number of hydrogen-bond acceptors (Lipinski definition) is 3. The van der Waals surface area contributed by atoms with Crippen LogP contribution < -0.4 is 10.6 Å². The van der Waals surface area contributed by atoms with Crippen molar-refractivity contribution in [1.29, 1.82) is 0 Å². The highest BCUT2D eigenvalue weighted by Gasteiger charge is 2.16. The molecule has 2 aromatic carbocycles. The molecule has 0 aliphatic heterocycles. The van der Waals surface area contributed by atoms with E-state index in [0.717, 1.165) is 6.42 Å². The van der Waals surface area contributed by atoms with Crippen LogP contribution in [0.15, 0.2) is 60.3 Å². The molecule has 2 rings (SSSR count). The zero-order valence-electron chi connectivity index (χ0n) is 14.3. The van der Waals surface area contributed by atoms with E-state index in [4.69, 9.17) is 0 Å². The smallest absolute Gasteiger partial charge is 0.268 e. The average Bonchev–Trinajstić information content (AvgIpc) is 2.63. The minimum Gasteiger partial charge on any atom is -0.507 e. The molecule has 0 radical (unpaired) electrons. The van der Waals surface area contributed by atoms with Crippen LogP contribution in [0.4, 0.5) is 0 Å². The predicted octanol–water partition coefficient (Wildman–Crippen LogP) is 3.08.